The molecule has 1 unspecified atom stereocenters. The van der Waals surface area contributed by atoms with E-state index >= 15 is 0 Å². The van der Waals surface area contributed by atoms with Crippen LogP contribution in [0.1, 0.15) is 18.4 Å². The molecule has 1 aromatic rings. The molecule has 1 aliphatic heterocycles. The maximum absolute atomic E-state index is 12.3. The second-order valence-electron chi connectivity index (χ2n) is 4.96. The minimum atomic E-state index is 0.182. The highest BCUT2D eigenvalue weighted by atomic mass is 35.5. The molecular formula is C15H20ClNO2. The van der Waals surface area contributed by atoms with Crippen molar-refractivity contribution in [3.8, 4) is 5.75 Å². The van der Waals surface area contributed by atoms with Crippen molar-refractivity contribution in [3.05, 3.63) is 29.8 Å². The molecule has 1 aliphatic rings. The number of carbonyl (C=O) groups excluding carboxylic acids is 1. The molecule has 3 nitrogen and oxygen atoms in total. The monoisotopic (exact) mass is 281 g/mol. The molecule has 2 rings (SSSR count). The van der Waals surface area contributed by atoms with Crippen LogP contribution in [0, 0.1) is 5.92 Å². The van der Waals surface area contributed by atoms with Gasteiger partial charge in [0.25, 0.3) is 0 Å². The van der Waals surface area contributed by atoms with Crippen LogP contribution in [0.5, 0.6) is 5.75 Å². The first-order chi connectivity index (χ1) is 9.24. The van der Waals surface area contributed by atoms with Crippen LogP contribution in [0.25, 0.3) is 0 Å². The highest BCUT2D eigenvalue weighted by Crippen LogP contribution is 2.23. The van der Waals surface area contributed by atoms with Gasteiger partial charge in [0.1, 0.15) is 5.75 Å². The molecule has 0 N–H and O–H groups in total. The number of rotatable bonds is 5. The zero-order chi connectivity index (χ0) is 13.7. The summed E-state index contributed by atoms with van der Waals surface area (Å²) in [6.07, 6.45) is 2.49. The van der Waals surface area contributed by atoms with Gasteiger partial charge in [-0.25, -0.2) is 0 Å². The second-order valence-corrected chi connectivity index (χ2v) is 5.34. The molecule has 1 saturated heterocycles. The molecule has 1 atom stereocenters. The normalized spacial score (nSPS) is 18.6. The number of methoxy groups -OCH3 is 1. The van der Waals surface area contributed by atoms with Crippen LogP contribution in [0.15, 0.2) is 24.3 Å². The van der Waals surface area contributed by atoms with Crippen molar-refractivity contribution in [2.24, 2.45) is 5.92 Å². The van der Waals surface area contributed by atoms with Gasteiger partial charge in [-0.3, -0.25) is 4.79 Å². The molecule has 104 valence electrons. The Morgan fingerprint density at radius 3 is 3.00 bits per heavy atom. The Labute approximate surface area is 119 Å². The summed E-state index contributed by atoms with van der Waals surface area (Å²) in [4.78, 5) is 14.2. The van der Waals surface area contributed by atoms with E-state index in [1.165, 1.54) is 0 Å². The molecule has 1 heterocycles. The average molecular weight is 282 g/mol. The maximum Gasteiger partial charge on any atom is 0.227 e. The number of likely N-dealkylation sites (tertiary alicyclic amines) is 1. The van der Waals surface area contributed by atoms with Crippen molar-refractivity contribution in [1.82, 2.24) is 4.90 Å². The lowest BCUT2D eigenvalue weighted by Gasteiger charge is -2.17. The number of para-hydroxylation sites is 1. The predicted octanol–water partition coefficient (Wildman–Crippen LogP) is 2.72. The number of ether oxygens (including phenoxy) is 1. The third-order valence-electron chi connectivity index (χ3n) is 3.69. The van der Waals surface area contributed by atoms with Gasteiger partial charge in [0, 0.05) is 24.5 Å². The Kier molecular flexibility index (Phi) is 5.08. The Morgan fingerprint density at radius 2 is 2.26 bits per heavy atom. The third-order valence-corrected chi connectivity index (χ3v) is 3.91. The summed E-state index contributed by atoms with van der Waals surface area (Å²) >= 11 is 5.76. The first-order valence-corrected chi connectivity index (χ1v) is 7.23. The number of hydrogen-bond donors (Lipinski definition) is 0. The molecule has 0 spiro atoms. The van der Waals surface area contributed by atoms with Gasteiger partial charge >= 0.3 is 0 Å². The van der Waals surface area contributed by atoms with Gasteiger partial charge in [0.05, 0.1) is 13.5 Å². The average Bonchev–Trinajstić information content (AvgIpc) is 2.88. The summed E-state index contributed by atoms with van der Waals surface area (Å²) in [6.45, 7) is 1.70. The molecule has 1 aromatic carbocycles. The largest absolute Gasteiger partial charge is 0.496 e. The zero-order valence-electron chi connectivity index (χ0n) is 11.3. The van der Waals surface area contributed by atoms with E-state index in [-0.39, 0.29) is 5.91 Å². The SMILES string of the molecule is COc1ccccc1CC(=O)N1CCC(CCCl)C1. The molecule has 0 aliphatic carbocycles. The van der Waals surface area contributed by atoms with E-state index in [4.69, 9.17) is 16.3 Å². The summed E-state index contributed by atoms with van der Waals surface area (Å²) in [7, 11) is 1.63. The highest BCUT2D eigenvalue weighted by molar-refractivity contribution is 6.17. The quantitative estimate of drug-likeness (QED) is 0.777. The lowest BCUT2D eigenvalue weighted by atomic mass is 10.1. The lowest BCUT2D eigenvalue weighted by molar-refractivity contribution is -0.129. The number of carbonyl (C=O) groups is 1. The van der Waals surface area contributed by atoms with E-state index in [1.54, 1.807) is 7.11 Å². The molecule has 0 radical (unpaired) electrons. The molecule has 0 saturated carbocycles. The van der Waals surface area contributed by atoms with Crippen molar-refractivity contribution in [3.63, 3.8) is 0 Å². The lowest BCUT2D eigenvalue weighted by Crippen LogP contribution is -2.30. The van der Waals surface area contributed by atoms with Gasteiger partial charge in [-0.15, -0.1) is 11.6 Å². The number of nitrogens with zero attached hydrogens (tertiary/aromatic N) is 1. The van der Waals surface area contributed by atoms with Crippen LogP contribution in [-0.2, 0) is 11.2 Å². The van der Waals surface area contributed by atoms with Crippen LogP contribution < -0.4 is 4.74 Å². The number of halogens is 1. The highest BCUT2D eigenvalue weighted by Gasteiger charge is 2.26. The number of hydrogen-bond acceptors (Lipinski definition) is 2. The fourth-order valence-electron chi connectivity index (χ4n) is 2.57. The molecular weight excluding hydrogens is 262 g/mol. The van der Waals surface area contributed by atoms with E-state index in [0.717, 1.165) is 37.2 Å². The van der Waals surface area contributed by atoms with Crippen LogP contribution in [0.4, 0.5) is 0 Å². The van der Waals surface area contributed by atoms with Crippen molar-refractivity contribution in [2.45, 2.75) is 19.3 Å². The Bertz CT molecular complexity index is 436. The van der Waals surface area contributed by atoms with Crippen LogP contribution >= 0.6 is 11.6 Å². The molecule has 1 fully saturated rings. The van der Waals surface area contributed by atoms with Gasteiger partial charge < -0.3 is 9.64 Å². The number of alkyl halides is 1. The topological polar surface area (TPSA) is 29.5 Å². The van der Waals surface area contributed by atoms with Gasteiger partial charge in [0.2, 0.25) is 5.91 Å². The van der Waals surface area contributed by atoms with E-state index < -0.39 is 0 Å². The summed E-state index contributed by atoms with van der Waals surface area (Å²) in [5, 5.41) is 0. The predicted molar refractivity (Wildman–Crippen MR) is 76.7 cm³/mol. The molecule has 1 amide bonds. The van der Waals surface area contributed by atoms with Crippen LogP contribution in [0.3, 0.4) is 0 Å². The van der Waals surface area contributed by atoms with Gasteiger partial charge in [-0.1, -0.05) is 18.2 Å². The minimum Gasteiger partial charge on any atom is -0.496 e. The summed E-state index contributed by atoms with van der Waals surface area (Å²) in [6, 6.07) is 7.69. The summed E-state index contributed by atoms with van der Waals surface area (Å²) in [5.41, 5.74) is 0.954. The Hall–Kier alpha value is -1.22. The van der Waals surface area contributed by atoms with Crippen LogP contribution in [0.2, 0.25) is 0 Å². The zero-order valence-corrected chi connectivity index (χ0v) is 12.0. The van der Waals surface area contributed by atoms with Crippen molar-refractivity contribution in [1.29, 1.82) is 0 Å². The molecule has 0 aromatic heterocycles. The smallest absolute Gasteiger partial charge is 0.227 e. The van der Waals surface area contributed by atoms with E-state index in [0.29, 0.717) is 18.2 Å². The summed E-state index contributed by atoms with van der Waals surface area (Å²) in [5.74, 6) is 2.21. The number of benzene rings is 1. The fourth-order valence-corrected chi connectivity index (χ4v) is 2.88. The van der Waals surface area contributed by atoms with Crippen molar-refractivity contribution >= 4 is 17.5 Å². The van der Waals surface area contributed by atoms with Gasteiger partial charge in [-0.05, 0) is 24.8 Å². The summed E-state index contributed by atoms with van der Waals surface area (Å²) < 4.78 is 5.28. The number of amides is 1. The molecule has 0 bridgehead atoms. The fraction of sp³-hybridized carbons (Fsp3) is 0.533. The van der Waals surface area contributed by atoms with Gasteiger partial charge in [0.15, 0.2) is 0 Å². The van der Waals surface area contributed by atoms with Crippen molar-refractivity contribution in [2.75, 3.05) is 26.1 Å². The van der Waals surface area contributed by atoms with E-state index in [9.17, 15) is 4.79 Å². The maximum atomic E-state index is 12.3. The Balaban J connectivity index is 1.94. The molecule has 4 heteroatoms. The van der Waals surface area contributed by atoms with E-state index in [1.807, 2.05) is 29.2 Å². The van der Waals surface area contributed by atoms with Crippen molar-refractivity contribution < 1.29 is 9.53 Å². The first-order valence-electron chi connectivity index (χ1n) is 6.70. The van der Waals surface area contributed by atoms with Crippen LogP contribution in [-0.4, -0.2) is 36.9 Å². The minimum absolute atomic E-state index is 0.182. The Morgan fingerprint density at radius 1 is 1.47 bits per heavy atom. The second kappa shape index (κ2) is 6.80. The third kappa shape index (κ3) is 3.63. The molecule has 19 heavy (non-hydrogen) atoms. The standard InChI is InChI=1S/C15H20ClNO2/c1-19-14-5-3-2-4-13(14)10-15(18)17-9-7-12(11-17)6-8-16/h2-5,12H,6-11H2,1H3. The first kappa shape index (κ1) is 14.2. The van der Waals surface area contributed by atoms with E-state index in [2.05, 4.69) is 0 Å². The van der Waals surface area contributed by atoms with Gasteiger partial charge in [-0.2, -0.15) is 0 Å².